The van der Waals surface area contributed by atoms with Crippen LogP contribution in [-0.2, 0) is 11.8 Å². The lowest BCUT2D eigenvalue weighted by Crippen LogP contribution is -2.32. The topological polar surface area (TPSA) is 102 Å². The van der Waals surface area contributed by atoms with Gasteiger partial charge in [0.25, 0.3) is 11.5 Å². The number of hydrogen-bond acceptors (Lipinski definition) is 7. The van der Waals surface area contributed by atoms with Crippen LogP contribution in [0, 0.1) is 0 Å². The summed E-state index contributed by atoms with van der Waals surface area (Å²) in [5, 5.41) is 3.39. The molecule has 1 amide bonds. The van der Waals surface area contributed by atoms with E-state index in [4.69, 9.17) is 4.74 Å². The van der Waals surface area contributed by atoms with Crippen molar-refractivity contribution in [3.05, 3.63) is 65.2 Å². The number of nitrogens with zero attached hydrogens (tertiary/aromatic N) is 5. The molecule has 1 fully saturated rings. The number of aromatic nitrogens is 4. The minimum Gasteiger partial charge on any atom is -0.457 e. The summed E-state index contributed by atoms with van der Waals surface area (Å²) in [6.45, 7) is 1.08. The molecule has 1 aromatic carbocycles. The molecule has 1 saturated heterocycles. The molecular weight excluding hydrogens is 470 g/mol. The molecule has 0 atom stereocenters. The van der Waals surface area contributed by atoms with E-state index in [0.29, 0.717) is 28.5 Å². The SMILES string of the molecule is CC(=O)Nc1cc(Oc2ccc3nc(-c4cnc(N5CCC(F)(F)C5)n(C)c4=O)ccc3c2)ccn1. The Hall–Kier alpha value is -4.41. The lowest BCUT2D eigenvalue weighted by Gasteiger charge is -2.20. The second kappa shape index (κ2) is 8.99. The van der Waals surface area contributed by atoms with Crippen LogP contribution in [0.5, 0.6) is 11.5 Å². The first-order valence-corrected chi connectivity index (χ1v) is 11.2. The van der Waals surface area contributed by atoms with Gasteiger partial charge in [-0.1, -0.05) is 6.07 Å². The fourth-order valence-corrected chi connectivity index (χ4v) is 4.09. The van der Waals surface area contributed by atoms with Gasteiger partial charge >= 0.3 is 0 Å². The number of amides is 1. The van der Waals surface area contributed by atoms with Crippen molar-refractivity contribution in [2.45, 2.75) is 19.3 Å². The molecule has 0 unspecified atom stereocenters. The highest BCUT2D eigenvalue weighted by molar-refractivity contribution is 5.87. The van der Waals surface area contributed by atoms with Gasteiger partial charge in [-0.25, -0.2) is 23.7 Å². The van der Waals surface area contributed by atoms with Crippen molar-refractivity contribution in [3.8, 4) is 22.8 Å². The molecule has 0 saturated carbocycles. The molecule has 11 heteroatoms. The Morgan fingerprint density at radius 3 is 2.67 bits per heavy atom. The van der Waals surface area contributed by atoms with Crippen LogP contribution in [0.2, 0.25) is 0 Å². The zero-order chi connectivity index (χ0) is 25.4. The largest absolute Gasteiger partial charge is 0.457 e. The minimum absolute atomic E-state index is 0.138. The molecule has 1 aliphatic rings. The molecule has 0 bridgehead atoms. The van der Waals surface area contributed by atoms with Gasteiger partial charge in [-0.2, -0.15) is 0 Å². The Morgan fingerprint density at radius 2 is 1.92 bits per heavy atom. The van der Waals surface area contributed by atoms with Gasteiger partial charge in [-0.3, -0.25) is 14.2 Å². The average Bonchev–Trinajstić information content (AvgIpc) is 3.19. The van der Waals surface area contributed by atoms with Crippen molar-refractivity contribution >= 4 is 28.6 Å². The molecule has 1 aliphatic heterocycles. The molecular formula is C25H22F2N6O3. The quantitative estimate of drug-likeness (QED) is 0.450. The summed E-state index contributed by atoms with van der Waals surface area (Å²) >= 11 is 0. The molecule has 4 aromatic rings. The van der Waals surface area contributed by atoms with E-state index in [-0.39, 0.29) is 35.9 Å². The molecule has 5 rings (SSSR count). The number of ether oxygens (including phenoxy) is 1. The third kappa shape index (κ3) is 4.72. The highest BCUT2D eigenvalue weighted by Crippen LogP contribution is 2.30. The number of rotatable bonds is 5. The minimum atomic E-state index is -2.79. The van der Waals surface area contributed by atoms with Gasteiger partial charge in [0.2, 0.25) is 11.9 Å². The number of halogens is 2. The van der Waals surface area contributed by atoms with Crippen LogP contribution in [0.4, 0.5) is 20.5 Å². The van der Waals surface area contributed by atoms with Crippen LogP contribution >= 0.6 is 0 Å². The second-order valence-corrected chi connectivity index (χ2v) is 8.57. The highest BCUT2D eigenvalue weighted by atomic mass is 19.3. The lowest BCUT2D eigenvalue weighted by molar-refractivity contribution is -0.114. The van der Waals surface area contributed by atoms with Gasteiger partial charge in [0.05, 0.1) is 23.3 Å². The van der Waals surface area contributed by atoms with E-state index in [9.17, 15) is 18.4 Å². The van der Waals surface area contributed by atoms with Gasteiger partial charge in [0.15, 0.2) is 0 Å². The van der Waals surface area contributed by atoms with Crippen LogP contribution in [0.25, 0.3) is 22.2 Å². The predicted molar refractivity (Wildman–Crippen MR) is 131 cm³/mol. The van der Waals surface area contributed by atoms with Crippen molar-refractivity contribution < 1.29 is 18.3 Å². The maximum atomic E-state index is 13.6. The van der Waals surface area contributed by atoms with Crippen molar-refractivity contribution in [1.82, 2.24) is 19.5 Å². The van der Waals surface area contributed by atoms with E-state index in [1.54, 1.807) is 36.4 Å². The van der Waals surface area contributed by atoms with Gasteiger partial charge < -0.3 is 15.0 Å². The van der Waals surface area contributed by atoms with Crippen molar-refractivity contribution in [3.63, 3.8) is 0 Å². The number of anilines is 2. The summed E-state index contributed by atoms with van der Waals surface area (Å²) in [6.07, 6.45) is 2.65. The van der Waals surface area contributed by atoms with Crippen LogP contribution in [0.15, 0.2) is 59.7 Å². The number of hydrogen-bond donors (Lipinski definition) is 1. The Balaban J connectivity index is 1.40. The van der Waals surface area contributed by atoms with Gasteiger partial charge in [0.1, 0.15) is 17.3 Å². The van der Waals surface area contributed by atoms with E-state index < -0.39 is 12.5 Å². The summed E-state index contributed by atoms with van der Waals surface area (Å²) in [7, 11) is 1.52. The highest BCUT2D eigenvalue weighted by Gasteiger charge is 2.39. The fourth-order valence-electron chi connectivity index (χ4n) is 4.09. The van der Waals surface area contributed by atoms with Crippen LogP contribution in [0.1, 0.15) is 13.3 Å². The Morgan fingerprint density at radius 1 is 1.11 bits per heavy atom. The van der Waals surface area contributed by atoms with Crippen molar-refractivity contribution in [2.75, 3.05) is 23.3 Å². The third-order valence-electron chi connectivity index (χ3n) is 5.80. The first-order valence-electron chi connectivity index (χ1n) is 11.2. The molecule has 184 valence electrons. The number of carbonyl (C=O) groups is 1. The monoisotopic (exact) mass is 492 g/mol. The maximum absolute atomic E-state index is 13.6. The average molecular weight is 492 g/mol. The van der Waals surface area contributed by atoms with E-state index in [0.717, 1.165) is 5.39 Å². The van der Waals surface area contributed by atoms with Gasteiger partial charge in [0, 0.05) is 50.8 Å². The Labute approximate surface area is 204 Å². The number of pyridine rings is 2. The lowest BCUT2D eigenvalue weighted by atomic mass is 10.1. The first-order chi connectivity index (χ1) is 17.2. The molecule has 1 N–H and O–H groups in total. The zero-order valence-electron chi connectivity index (χ0n) is 19.5. The summed E-state index contributed by atoms with van der Waals surface area (Å²) in [5.41, 5.74) is 0.974. The third-order valence-corrected chi connectivity index (χ3v) is 5.80. The summed E-state index contributed by atoms with van der Waals surface area (Å²) in [6, 6.07) is 12.1. The van der Waals surface area contributed by atoms with E-state index >= 15 is 0 Å². The Bertz CT molecular complexity index is 1540. The normalized spacial score (nSPS) is 14.7. The number of fused-ring (bicyclic) bond motifs is 1. The van der Waals surface area contributed by atoms with Gasteiger partial charge in [-0.15, -0.1) is 0 Å². The van der Waals surface area contributed by atoms with E-state index in [2.05, 4.69) is 20.3 Å². The fraction of sp³-hybridized carbons (Fsp3) is 0.240. The van der Waals surface area contributed by atoms with Crippen LogP contribution < -0.4 is 20.5 Å². The summed E-state index contributed by atoms with van der Waals surface area (Å²) in [4.78, 5) is 38.6. The molecule has 4 heterocycles. The second-order valence-electron chi connectivity index (χ2n) is 8.57. The number of benzene rings is 1. The molecule has 0 aliphatic carbocycles. The molecule has 9 nitrogen and oxygen atoms in total. The standard InChI is InChI=1S/C25H22F2N6O3/c1-15(34)30-22-12-18(7-9-28-22)36-17-4-6-20-16(11-17)3-5-21(31-20)19-13-29-24(32(2)23(19)35)33-10-8-25(26,27)14-33/h3-7,9,11-13H,8,10,14H2,1-2H3,(H,28,30,34). The maximum Gasteiger partial charge on any atom is 0.267 e. The van der Waals surface area contributed by atoms with E-state index in [1.165, 1.54) is 35.8 Å². The van der Waals surface area contributed by atoms with E-state index in [1.807, 2.05) is 6.07 Å². The summed E-state index contributed by atoms with van der Waals surface area (Å²) < 4.78 is 34.4. The van der Waals surface area contributed by atoms with Gasteiger partial charge in [-0.05, 0) is 30.3 Å². The molecule has 0 radical (unpaired) electrons. The summed E-state index contributed by atoms with van der Waals surface area (Å²) in [5.74, 6) is -1.37. The number of nitrogens with one attached hydrogen (secondary N) is 1. The number of carbonyl (C=O) groups excluding carboxylic acids is 1. The van der Waals surface area contributed by atoms with Crippen LogP contribution in [0.3, 0.4) is 0 Å². The smallest absolute Gasteiger partial charge is 0.267 e. The first kappa shape index (κ1) is 23.3. The van der Waals surface area contributed by atoms with Crippen molar-refractivity contribution in [1.29, 1.82) is 0 Å². The molecule has 36 heavy (non-hydrogen) atoms. The predicted octanol–water partition coefficient (Wildman–Crippen LogP) is 3.99. The molecule has 0 spiro atoms. The Kier molecular flexibility index (Phi) is 5.83. The molecule has 3 aromatic heterocycles. The van der Waals surface area contributed by atoms with Crippen LogP contribution in [-0.4, -0.2) is 44.4 Å². The zero-order valence-corrected chi connectivity index (χ0v) is 19.5. The van der Waals surface area contributed by atoms with Crippen molar-refractivity contribution in [2.24, 2.45) is 7.05 Å². The number of alkyl halides is 2.